The van der Waals surface area contributed by atoms with Gasteiger partial charge in [0, 0.05) is 56.4 Å². The number of benzene rings is 2. The van der Waals surface area contributed by atoms with Gasteiger partial charge in [0.1, 0.15) is 23.3 Å². The van der Waals surface area contributed by atoms with Gasteiger partial charge in [0.25, 0.3) is 0 Å². The number of hydrazone groups is 1. The molecule has 4 rings (SSSR count). The zero-order valence-corrected chi connectivity index (χ0v) is 20.8. The largest absolute Gasteiger partial charge is 0.550 e. The molecule has 1 saturated heterocycles. The van der Waals surface area contributed by atoms with E-state index in [9.17, 15) is 31.9 Å². The molecule has 0 radical (unpaired) electrons. The van der Waals surface area contributed by atoms with Crippen molar-refractivity contribution < 1.29 is 41.3 Å². The van der Waals surface area contributed by atoms with Crippen LogP contribution in [0.25, 0.3) is 0 Å². The molecule has 0 aliphatic carbocycles. The monoisotopic (exact) mass is 540 g/mol. The molecule has 2 aromatic carbocycles. The first kappa shape index (κ1) is 27.5. The number of rotatable bonds is 8. The molecular formula is C26H27F5N3O4-. The van der Waals surface area contributed by atoms with E-state index in [2.05, 4.69) is 5.10 Å². The van der Waals surface area contributed by atoms with Crippen molar-refractivity contribution in [1.29, 1.82) is 0 Å². The van der Waals surface area contributed by atoms with Crippen molar-refractivity contribution in [1.82, 2.24) is 5.01 Å². The van der Waals surface area contributed by atoms with Crippen molar-refractivity contribution in [2.75, 3.05) is 25.1 Å². The Morgan fingerprint density at radius 3 is 2.34 bits per heavy atom. The highest BCUT2D eigenvalue weighted by molar-refractivity contribution is 5.93. The minimum atomic E-state index is -4.65. The summed E-state index contributed by atoms with van der Waals surface area (Å²) in [7, 11) is 1.38. The minimum absolute atomic E-state index is 0.0107. The van der Waals surface area contributed by atoms with Crippen LogP contribution in [-0.4, -0.2) is 55.2 Å². The molecule has 2 heterocycles. The zero-order chi connectivity index (χ0) is 27.6. The number of carbonyl (C=O) groups is 1. The van der Waals surface area contributed by atoms with Crippen molar-refractivity contribution >= 4 is 17.4 Å². The van der Waals surface area contributed by atoms with Gasteiger partial charge >= 0.3 is 6.18 Å². The number of ether oxygens (including phenoxy) is 2. The van der Waals surface area contributed by atoms with Crippen LogP contribution >= 0.6 is 0 Å². The third kappa shape index (κ3) is 6.11. The lowest BCUT2D eigenvalue weighted by Crippen LogP contribution is -2.39. The average Bonchev–Trinajstić information content (AvgIpc) is 3.17. The van der Waals surface area contributed by atoms with Gasteiger partial charge in [0.15, 0.2) is 11.6 Å². The Kier molecular flexibility index (Phi) is 7.98. The number of carboxylic acids is 1. The summed E-state index contributed by atoms with van der Waals surface area (Å²) in [5.74, 6) is -3.68. The molecule has 1 fully saturated rings. The first-order valence-electron chi connectivity index (χ1n) is 12.1. The SMILES string of the molecule is COc1cc(F)c(F)c(N2CCC(Oc3ccc(CN4N=C(C(F)(F)F)[C@@H](C)[C@@H]4CC(=O)[O-])cc3)CC2)c1. The Morgan fingerprint density at radius 1 is 1.11 bits per heavy atom. The average molecular weight is 541 g/mol. The van der Waals surface area contributed by atoms with Crippen molar-refractivity contribution in [2.24, 2.45) is 11.0 Å². The van der Waals surface area contributed by atoms with Gasteiger partial charge in [-0.2, -0.15) is 18.3 Å². The number of hydrogen-bond acceptors (Lipinski definition) is 7. The fraction of sp³-hybridized carbons (Fsp3) is 0.462. The fourth-order valence-electron chi connectivity index (χ4n) is 4.83. The maximum absolute atomic E-state index is 14.3. The fourth-order valence-corrected chi connectivity index (χ4v) is 4.83. The summed E-state index contributed by atoms with van der Waals surface area (Å²) in [6, 6.07) is 8.20. The number of anilines is 1. The van der Waals surface area contributed by atoms with Crippen molar-refractivity contribution in [3.63, 3.8) is 0 Å². The van der Waals surface area contributed by atoms with Gasteiger partial charge in [-0.3, -0.25) is 5.01 Å². The molecule has 206 valence electrons. The molecule has 2 aromatic rings. The van der Waals surface area contributed by atoms with Gasteiger partial charge in [-0.15, -0.1) is 0 Å². The first-order chi connectivity index (χ1) is 18.0. The van der Waals surface area contributed by atoms with Crippen molar-refractivity contribution in [2.45, 2.75) is 51.1 Å². The maximum atomic E-state index is 14.3. The van der Waals surface area contributed by atoms with Crippen LogP contribution in [0.5, 0.6) is 11.5 Å². The number of alkyl halides is 3. The normalized spacial score (nSPS) is 20.4. The second-order valence-electron chi connectivity index (χ2n) is 9.40. The number of piperidine rings is 1. The number of hydrogen-bond donors (Lipinski definition) is 0. The van der Waals surface area contributed by atoms with Crippen LogP contribution in [0.15, 0.2) is 41.5 Å². The number of halogens is 5. The highest BCUT2D eigenvalue weighted by Gasteiger charge is 2.47. The predicted molar refractivity (Wildman–Crippen MR) is 127 cm³/mol. The lowest BCUT2D eigenvalue weighted by molar-refractivity contribution is -0.307. The van der Waals surface area contributed by atoms with Gasteiger partial charge in [0.2, 0.25) is 0 Å². The van der Waals surface area contributed by atoms with Crippen molar-refractivity contribution in [3.8, 4) is 11.5 Å². The van der Waals surface area contributed by atoms with Crippen LogP contribution in [0.4, 0.5) is 27.6 Å². The van der Waals surface area contributed by atoms with E-state index < -0.39 is 47.9 Å². The molecule has 0 saturated carbocycles. The van der Waals surface area contributed by atoms with Gasteiger partial charge in [-0.05, 0) is 17.7 Å². The second-order valence-corrected chi connectivity index (χ2v) is 9.40. The van der Waals surface area contributed by atoms with Crippen LogP contribution in [-0.2, 0) is 11.3 Å². The second kappa shape index (κ2) is 11.0. The van der Waals surface area contributed by atoms with E-state index >= 15 is 0 Å². The molecule has 0 amide bonds. The minimum Gasteiger partial charge on any atom is -0.550 e. The van der Waals surface area contributed by atoms with E-state index in [4.69, 9.17) is 9.47 Å². The van der Waals surface area contributed by atoms with E-state index in [1.54, 1.807) is 29.2 Å². The van der Waals surface area contributed by atoms with E-state index in [0.717, 1.165) is 11.1 Å². The van der Waals surface area contributed by atoms with Crippen LogP contribution in [0, 0.1) is 17.6 Å². The third-order valence-electron chi connectivity index (χ3n) is 6.87. The van der Waals surface area contributed by atoms with Gasteiger partial charge in [0.05, 0.1) is 25.4 Å². The quantitative estimate of drug-likeness (QED) is 0.473. The molecule has 2 aliphatic heterocycles. The summed E-state index contributed by atoms with van der Waals surface area (Å²) in [5, 5.41) is 15.9. The Hall–Kier alpha value is -3.57. The van der Waals surface area contributed by atoms with Crippen LogP contribution in [0.2, 0.25) is 0 Å². The molecule has 0 N–H and O–H groups in total. The number of aliphatic carboxylic acids is 1. The van der Waals surface area contributed by atoms with Crippen LogP contribution in [0.1, 0.15) is 31.7 Å². The van der Waals surface area contributed by atoms with Crippen LogP contribution in [0.3, 0.4) is 0 Å². The topological polar surface area (TPSA) is 77.4 Å². The zero-order valence-electron chi connectivity index (χ0n) is 20.8. The Balaban J connectivity index is 1.36. The summed E-state index contributed by atoms with van der Waals surface area (Å²) in [5.41, 5.74) is -0.244. The Labute approximate surface area is 216 Å². The highest BCUT2D eigenvalue weighted by atomic mass is 19.4. The highest BCUT2D eigenvalue weighted by Crippen LogP contribution is 2.35. The first-order valence-corrected chi connectivity index (χ1v) is 12.1. The molecular weight excluding hydrogens is 513 g/mol. The lowest BCUT2D eigenvalue weighted by Gasteiger charge is -2.34. The van der Waals surface area contributed by atoms with Gasteiger partial charge < -0.3 is 24.3 Å². The predicted octanol–water partition coefficient (Wildman–Crippen LogP) is 3.90. The summed E-state index contributed by atoms with van der Waals surface area (Å²) >= 11 is 0. The molecule has 0 unspecified atom stereocenters. The molecule has 0 aromatic heterocycles. The summed E-state index contributed by atoms with van der Waals surface area (Å²) in [4.78, 5) is 12.9. The molecule has 2 aliphatic rings. The summed E-state index contributed by atoms with van der Waals surface area (Å²) in [6.45, 7) is 2.18. The Morgan fingerprint density at radius 2 is 1.76 bits per heavy atom. The number of carbonyl (C=O) groups excluding carboxylic acids is 1. The summed E-state index contributed by atoms with van der Waals surface area (Å²) in [6.07, 6.45) is -4.27. The number of nitrogens with zero attached hydrogens (tertiary/aromatic N) is 3. The molecule has 38 heavy (non-hydrogen) atoms. The van der Waals surface area contributed by atoms with Gasteiger partial charge in [-0.1, -0.05) is 19.1 Å². The lowest BCUT2D eigenvalue weighted by atomic mass is 9.94. The van der Waals surface area contributed by atoms with E-state index in [-0.39, 0.29) is 24.1 Å². The maximum Gasteiger partial charge on any atom is 0.431 e. The van der Waals surface area contributed by atoms with Gasteiger partial charge in [-0.25, -0.2) is 8.78 Å². The third-order valence-corrected chi connectivity index (χ3v) is 6.87. The Bertz CT molecular complexity index is 1180. The van der Waals surface area contributed by atoms with E-state index in [1.807, 2.05) is 0 Å². The van der Waals surface area contributed by atoms with E-state index in [0.29, 0.717) is 37.2 Å². The molecule has 0 spiro atoms. The van der Waals surface area contributed by atoms with Crippen molar-refractivity contribution in [3.05, 3.63) is 53.6 Å². The summed E-state index contributed by atoms with van der Waals surface area (Å²) < 4.78 is 79.2. The standard InChI is InChI=1S/C26H28F5N3O4/c1-15-21(13-23(35)36)34(32-25(15)26(29,30)31)14-16-3-5-17(6-4-16)38-18-7-9-33(10-8-18)22-12-19(37-2)11-20(27)24(22)28/h3-6,11-12,15,18,21H,7-10,13-14H2,1-2H3,(H,35,36)/p-1/t15-,21-/m0/s1. The molecule has 0 bridgehead atoms. The smallest absolute Gasteiger partial charge is 0.431 e. The molecule has 2 atom stereocenters. The van der Waals surface area contributed by atoms with Crippen LogP contribution < -0.4 is 19.5 Å². The van der Waals surface area contributed by atoms with E-state index in [1.165, 1.54) is 20.1 Å². The number of methoxy groups -OCH3 is 1. The molecule has 12 heteroatoms. The molecule has 7 nitrogen and oxygen atoms in total. The number of carboxylic acid groups (broad SMARTS) is 1.